The van der Waals surface area contributed by atoms with E-state index in [0.717, 1.165) is 11.5 Å². The summed E-state index contributed by atoms with van der Waals surface area (Å²) < 4.78 is 0. The highest BCUT2D eigenvalue weighted by atomic mass is 16.1. The van der Waals surface area contributed by atoms with Crippen molar-refractivity contribution >= 4 is 17.4 Å². The molecule has 0 spiro atoms. The van der Waals surface area contributed by atoms with Crippen molar-refractivity contribution in [2.45, 2.75) is 47.5 Å². The lowest BCUT2D eigenvalue weighted by atomic mass is 9.87. The van der Waals surface area contributed by atoms with Crippen LogP contribution < -0.4 is 5.32 Å². The maximum atomic E-state index is 12.2. The number of Topliss-reactive ketones (excluding diaryl/α,β-unsaturated/α-hetero) is 2. The Bertz CT molecular complexity index is 544. The Morgan fingerprint density at radius 3 is 2.62 bits per heavy atom. The molecule has 1 aliphatic rings. The number of allylic oxidation sites excluding steroid dienone is 4. The summed E-state index contributed by atoms with van der Waals surface area (Å²) in [5.74, 6) is 0.355. The third kappa shape index (κ3) is 6.34. The predicted molar refractivity (Wildman–Crippen MR) is 85.9 cm³/mol. The second-order valence-electron chi connectivity index (χ2n) is 6.42. The minimum absolute atomic E-state index is 0.139. The average molecular weight is 288 g/mol. The number of nitrogens with zero attached hydrogens (tertiary/aromatic N) is 1. The number of nitrogens with one attached hydrogen (secondary N) is 1. The standard InChI is InChI=1S/C17H24N2O2/c1-12-8-6-7-9-16(19-12)18-11-14(13(2)20)15(21)10-17(3,4)5/h6-8,11H,9-10H2,1-5H3,(H,18,19)/b14-11-. The van der Waals surface area contributed by atoms with Crippen LogP contribution in [0, 0.1) is 5.41 Å². The molecule has 1 N–H and O–H groups in total. The number of carbonyl (C=O) groups is 2. The first-order chi connectivity index (χ1) is 9.69. The molecule has 0 aliphatic carbocycles. The van der Waals surface area contributed by atoms with E-state index in [-0.39, 0.29) is 22.6 Å². The van der Waals surface area contributed by atoms with E-state index in [4.69, 9.17) is 0 Å². The Hall–Kier alpha value is -1.97. The Balaban J connectivity index is 2.87. The van der Waals surface area contributed by atoms with Crippen LogP contribution in [-0.2, 0) is 9.59 Å². The molecule has 0 saturated heterocycles. The van der Waals surface area contributed by atoms with Gasteiger partial charge in [-0.3, -0.25) is 9.59 Å². The van der Waals surface area contributed by atoms with Gasteiger partial charge < -0.3 is 5.32 Å². The van der Waals surface area contributed by atoms with Crippen molar-refractivity contribution < 1.29 is 9.59 Å². The van der Waals surface area contributed by atoms with Crippen molar-refractivity contribution in [2.75, 3.05) is 0 Å². The lowest BCUT2D eigenvalue weighted by Gasteiger charge is -2.17. The van der Waals surface area contributed by atoms with E-state index in [0.29, 0.717) is 12.8 Å². The van der Waals surface area contributed by atoms with Crippen LogP contribution in [0.15, 0.2) is 40.7 Å². The van der Waals surface area contributed by atoms with Crippen molar-refractivity contribution in [3.05, 3.63) is 35.7 Å². The van der Waals surface area contributed by atoms with Crippen LogP contribution in [0.5, 0.6) is 0 Å². The van der Waals surface area contributed by atoms with Gasteiger partial charge in [-0.2, -0.15) is 0 Å². The number of amidine groups is 1. The fourth-order valence-corrected chi connectivity index (χ4v) is 1.88. The number of carbonyl (C=O) groups excluding carboxylic acids is 2. The summed E-state index contributed by atoms with van der Waals surface area (Å²) in [5, 5.41) is 2.99. The molecule has 4 heteroatoms. The maximum absolute atomic E-state index is 12.2. The third-order valence-corrected chi connectivity index (χ3v) is 2.85. The van der Waals surface area contributed by atoms with Crippen molar-refractivity contribution in [3.63, 3.8) is 0 Å². The van der Waals surface area contributed by atoms with Crippen LogP contribution in [-0.4, -0.2) is 17.4 Å². The fraction of sp³-hybridized carbons (Fsp3) is 0.471. The molecule has 0 saturated carbocycles. The highest BCUT2D eigenvalue weighted by molar-refractivity contribution is 6.19. The molecule has 0 bridgehead atoms. The maximum Gasteiger partial charge on any atom is 0.168 e. The van der Waals surface area contributed by atoms with Crippen LogP contribution in [0.25, 0.3) is 0 Å². The highest BCUT2D eigenvalue weighted by Crippen LogP contribution is 2.21. The van der Waals surface area contributed by atoms with E-state index in [1.807, 2.05) is 45.9 Å². The van der Waals surface area contributed by atoms with Crippen LogP contribution in [0.1, 0.15) is 47.5 Å². The topological polar surface area (TPSA) is 58.5 Å². The van der Waals surface area contributed by atoms with Gasteiger partial charge in [0.25, 0.3) is 0 Å². The van der Waals surface area contributed by atoms with Crippen molar-refractivity contribution in [1.29, 1.82) is 0 Å². The highest BCUT2D eigenvalue weighted by Gasteiger charge is 2.21. The molecule has 0 amide bonds. The molecular formula is C17H24N2O2. The molecule has 0 aromatic heterocycles. The zero-order valence-corrected chi connectivity index (χ0v) is 13.5. The van der Waals surface area contributed by atoms with Crippen LogP contribution in [0.4, 0.5) is 0 Å². The molecule has 1 rings (SSSR count). The lowest BCUT2D eigenvalue weighted by Crippen LogP contribution is -2.23. The molecule has 4 nitrogen and oxygen atoms in total. The van der Waals surface area contributed by atoms with Crippen LogP contribution >= 0.6 is 0 Å². The van der Waals surface area contributed by atoms with Gasteiger partial charge in [0.15, 0.2) is 11.6 Å². The monoisotopic (exact) mass is 288 g/mol. The first kappa shape index (κ1) is 17.1. The molecule has 1 heterocycles. The largest absolute Gasteiger partial charge is 0.349 e. The van der Waals surface area contributed by atoms with Crippen molar-refractivity contribution in [2.24, 2.45) is 10.4 Å². The molecule has 0 aromatic rings. The number of rotatable bonds is 4. The van der Waals surface area contributed by atoms with Gasteiger partial charge in [0.1, 0.15) is 5.84 Å². The Kier molecular flexibility index (Phi) is 5.82. The molecule has 21 heavy (non-hydrogen) atoms. The molecule has 0 radical (unpaired) electrons. The Morgan fingerprint density at radius 2 is 2.05 bits per heavy atom. The van der Waals surface area contributed by atoms with Gasteiger partial charge in [0.05, 0.1) is 5.57 Å². The summed E-state index contributed by atoms with van der Waals surface area (Å²) in [6, 6.07) is 0. The van der Waals surface area contributed by atoms with Gasteiger partial charge in [0.2, 0.25) is 0 Å². The van der Waals surface area contributed by atoms with Crippen LogP contribution in [0.2, 0.25) is 0 Å². The van der Waals surface area contributed by atoms with E-state index in [1.165, 1.54) is 13.1 Å². The van der Waals surface area contributed by atoms with Crippen molar-refractivity contribution in [1.82, 2.24) is 5.32 Å². The number of aliphatic imine (C=N–C) groups is 1. The summed E-state index contributed by atoms with van der Waals surface area (Å²) in [6.45, 7) is 9.24. The van der Waals surface area contributed by atoms with Gasteiger partial charge in [-0.1, -0.05) is 32.9 Å². The second kappa shape index (κ2) is 7.16. The smallest absolute Gasteiger partial charge is 0.168 e. The third-order valence-electron chi connectivity index (χ3n) is 2.85. The van der Waals surface area contributed by atoms with Crippen molar-refractivity contribution in [3.8, 4) is 0 Å². The summed E-state index contributed by atoms with van der Waals surface area (Å²) in [6.07, 6.45) is 8.29. The van der Waals surface area contributed by atoms with E-state index < -0.39 is 0 Å². The number of hydrogen-bond donors (Lipinski definition) is 1. The van der Waals surface area contributed by atoms with E-state index in [2.05, 4.69) is 10.3 Å². The molecule has 0 aromatic carbocycles. The summed E-state index contributed by atoms with van der Waals surface area (Å²) in [7, 11) is 0. The molecular weight excluding hydrogens is 264 g/mol. The quantitative estimate of drug-likeness (QED) is 0.490. The fourth-order valence-electron chi connectivity index (χ4n) is 1.88. The lowest BCUT2D eigenvalue weighted by molar-refractivity contribution is -0.121. The van der Waals surface area contributed by atoms with Crippen LogP contribution in [0.3, 0.4) is 0 Å². The minimum atomic E-state index is -0.228. The normalized spacial score (nSPS) is 16.0. The van der Waals surface area contributed by atoms with Gasteiger partial charge in [-0.15, -0.1) is 0 Å². The summed E-state index contributed by atoms with van der Waals surface area (Å²) >= 11 is 0. The number of ketones is 2. The SMILES string of the molecule is CC(=O)/C(=C/NC1=NC(C)=CC=CC1)C(=O)CC(C)(C)C. The van der Waals surface area contributed by atoms with Gasteiger partial charge in [-0.05, 0) is 25.3 Å². The summed E-state index contributed by atoms with van der Waals surface area (Å²) in [4.78, 5) is 28.3. The van der Waals surface area contributed by atoms with E-state index in [9.17, 15) is 9.59 Å². The van der Waals surface area contributed by atoms with Gasteiger partial charge >= 0.3 is 0 Å². The average Bonchev–Trinajstić information content (AvgIpc) is 2.51. The number of hydrogen-bond acceptors (Lipinski definition) is 4. The Morgan fingerprint density at radius 1 is 1.38 bits per heavy atom. The first-order valence-corrected chi connectivity index (χ1v) is 7.11. The molecule has 0 fully saturated rings. The molecule has 0 atom stereocenters. The van der Waals surface area contributed by atoms with E-state index in [1.54, 1.807) is 0 Å². The minimum Gasteiger partial charge on any atom is -0.349 e. The molecule has 114 valence electrons. The van der Waals surface area contributed by atoms with E-state index >= 15 is 0 Å². The molecule has 1 aliphatic heterocycles. The summed E-state index contributed by atoms with van der Waals surface area (Å²) in [5.41, 5.74) is 0.931. The van der Waals surface area contributed by atoms with Gasteiger partial charge in [-0.25, -0.2) is 4.99 Å². The van der Waals surface area contributed by atoms with Gasteiger partial charge in [0, 0.05) is 24.7 Å². The molecule has 0 unspecified atom stereocenters. The zero-order valence-electron chi connectivity index (χ0n) is 13.5. The first-order valence-electron chi connectivity index (χ1n) is 7.11. The Labute approximate surface area is 126 Å². The second-order valence-corrected chi connectivity index (χ2v) is 6.42. The zero-order chi connectivity index (χ0) is 16.0. The predicted octanol–water partition coefficient (Wildman–Crippen LogP) is 3.32.